The Labute approximate surface area is 119 Å². The van der Waals surface area contributed by atoms with Crippen LogP contribution in [-0.2, 0) is 16.4 Å². The molecule has 6 heteroatoms. The second-order valence-corrected chi connectivity index (χ2v) is 7.51. The molecule has 1 saturated carbocycles. The summed E-state index contributed by atoms with van der Waals surface area (Å²) in [7, 11) is -3.44. The van der Waals surface area contributed by atoms with Gasteiger partial charge in [-0.1, -0.05) is 24.4 Å². The van der Waals surface area contributed by atoms with Crippen molar-refractivity contribution in [3.05, 3.63) is 29.8 Å². The Bertz CT molecular complexity index is 575. The van der Waals surface area contributed by atoms with Crippen LogP contribution in [0, 0.1) is 0 Å². The van der Waals surface area contributed by atoms with E-state index in [1.165, 1.54) is 0 Å². The SMILES string of the molecule is CC1(NS(=O)(=O)c2ccc(CC(N)=S)cc2)CCC1. The first-order valence-electron chi connectivity index (χ1n) is 6.22. The molecule has 0 atom stereocenters. The molecule has 1 aliphatic carbocycles. The van der Waals surface area contributed by atoms with Crippen molar-refractivity contribution in [3.63, 3.8) is 0 Å². The van der Waals surface area contributed by atoms with Gasteiger partial charge in [-0.05, 0) is 43.9 Å². The summed E-state index contributed by atoms with van der Waals surface area (Å²) in [5.41, 5.74) is 6.09. The number of benzene rings is 1. The third-order valence-corrected chi connectivity index (χ3v) is 5.25. The molecule has 3 N–H and O–H groups in total. The number of hydrogen-bond acceptors (Lipinski definition) is 3. The van der Waals surface area contributed by atoms with E-state index in [4.69, 9.17) is 18.0 Å². The van der Waals surface area contributed by atoms with Crippen LogP contribution in [0.2, 0.25) is 0 Å². The fraction of sp³-hybridized carbons (Fsp3) is 0.462. The fourth-order valence-corrected chi connectivity index (χ4v) is 3.81. The lowest BCUT2D eigenvalue weighted by molar-refractivity contribution is 0.248. The Morgan fingerprint density at radius 1 is 1.37 bits per heavy atom. The highest BCUT2D eigenvalue weighted by Crippen LogP contribution is 2.32. The first kappa shape index (κ1) is 14.4. The zero-order chi connectivity index (χ0) is 14.1. The summed E-state index contributed by atoms with van der Waals surface area (Å²) in [6.07, 6.45) is 3.35. The standard InChI is InChI=1S/C13H18N2O2S2/c1-13(7-2-8-13)15-19(16,17)11-5-3-10(4-6-11)9-12(14)18/h3-6,15H,2,7-9H2,1H3,(H2,14,18). The molecule has 0 amide bonds. The summed E-state index contributed by atoms with van der Waals surface area (Å²) >= 11 is 4.83. The Kier molecular flexibility index (Phi) is 3.94. The van der Waals surface area contributed by atoms with Crippen molar-refractivity contribution in [3.8, 4) is 0 Å². The van der Waals surface area contributed by atoms with E-state index >= 15 is 0 Å². The predicted molar refractivity (Wildman–Crippen MR) is 79.5 cm³/mol. The fourth-order valence-electron chi connectivity index (χ4n) is 2.18. The normalized spacial score (nSPS) is 17.7. The molecule has 0 spiro atoms. The molecule has 0 radical (unpaired) electrons. The summed E-state index contributed by atoms with van der Waals surface area (Å²) < 4.78 is 27.2. The van der Waals surface area contributed by atoms with Crippen molar-refractivity contribution in [1.29, 1.82) is 0 Å². The summed E-state index contributed by atoms with van der Waals surface area (Å²) in [6.45, 7) is 1.94. The molecule has 0 aliphatic heterocycles. The summed E-state index contributed by atoms with van der Waals surface area (Å²) in [5, 5.41) is 0. The van der Waals surface area contributed by atoms with Gasteiger partial charge in [-0.2, -0.15) is 0 Å². The van der Waals surface area contributed by atoms with Gasteiger partial charge in [-0.25, -0.2) is 13.1 Å². The first-order chi connectivity index (χ1) is 8.81. The Balaban J connectivity index is 2.14. The van der Waals surface area contributed by atoms with E-state index in [-0.39, 0.29) is 10.4 Å². The third kappa shape index (κ3) is 3.52. The van der Waals surface area contributed by atoms with Crippen LogP contribution >= 0.6 is 12.2 Å². The largest absolute Gasteiger partial charge is 0.393 e. The van der Waals surface area contributed by atoms with Crippen molar-refractivity contribution < 1.29 is 8.42 Å². The number of hydrogen-bond donors (Lipinski definition) is 2. The van der Waals surface area contributed by atoms with Gasteiger partial charge in [0.2, 0.25) is 10.0 Å². The minimum atomic E-state index is -3.44. The molecule has 2 rings (SSSR count). The minimum absolute atomic E-state index is 0.281. The maximum Gasteiger partial charge on any atom is 0.241 e. The molecular formula is C13H18N2O2S2. The van der Waals surface area contributed by atoms with Gasteiger partial charge in [0.05, 0.1) is 9.88 Å². The molecule has 1 fully saturated rings. The highest BCUT2D eigenvalue weighted by molar-refractivity contribution is 7.89. The number of nitrogens with one attached hydrogen (secondary N) is 1. The van der Waals surface area contributed by atoms with Crippen LogP contribution in [0.4, 0.5) is 0 Å². The topological polar surface area (TPSA) is 72.2 Å². The van der Waals surface area contributed by atoms with Crippen molar-refractivity contribution in [2.24, 2.45) is 5.73 Å². The number of nitrogens with two attached hydrogens (primary N) is 1. The molecule has 1 aromatic rings. The molecule has 0 unspecified atom stereocenters. The van der Waals surface area contributed by atoms with Gasteiger partial charge in [0, 0.05) is 12.0 Å². The number of rotatable bonds is 5. The van der Waals surface area contributed by atoms with Gasteiger partial charge in [0.15, 0.2) is 0 Å². The molecule has 0 saturated heterocycles. The van der Waals surface area contributed by atoms with Crippen molar-refractivity contribution in [2.75, 3.05) is 0 Å². The monoisotopic (exact) mass is 298 g/mol. The molecule has 19 heavy (non-hydrogen) atoms. The second kappa shape index (κ2) is 5.19. The molecular weight excluding hydrogens is 280 g/mol. The zero-order valence-electron chi connectivity index (χ0n) is 10.8. The van der Waals surface area contributed by atoms with Crippen molar-refractivity contribution >= 4 is 27.2 Å². The summed E-state index contributed by atoms with van der Waals surface area (Å²) in [5.74, 6) is 0. The van der Waals surface area contributed by atoms with Crippen molar-refractivity contribution in [1.82, 2.24) is 4.72 Å². The lowest BCUT2D eigenvalue weighted by Crippen LogP contribution is -2.50. The molecule has 1 aliphatic rings. The maximum atomic E-state index is 12.2. The van der Waals surface area contributed by atoms with E-state index in [0.717, 1.165) is 24.8 Å². The quantitative estimate of drug-likeness (QED) is 0.812. The van der Waals surface area contributed by atoms with Crippen LogP contribution in [0.5, 0.6) is 0 Å². The Morgan fingerprint density at radius 3 is 2.37 bits per heavy atom. The van der Waals surface area contributed by atoms with Crippen molar-refractivity contribution in [2.45, 2.75) is 43.0 Å². The second-order valence-electron chi connectivity index (χ2n) is 5.31. The van der Waals surface area contributed by atoms with E-state index in [1.54, 1.807) is 24.3 Å². The van der Waals surface area contributed by atoms with Gasteiger partial charge in [0.1, 0.15) is 0 Å². The van der Waals surface area contributed by atoms with Crippen LogP contribution in [0.3, 0.4) is 0 Å². The maximum absolute atomic E-state index is 12.2. The average Bonchev–Trinajstić information content (AvgIpc) is 2.26. The van der Waals surface area contributed by atoms with Gasteiger partial charge < -0.3 is 5.73 Å². The van der Waals surface area contributed by atoms with Gasteiger partial charge in [-0.3, -0.25) is 0 Å². The first-order valence-corrected chi connectivity index (χ1v) is 8.11. The van der Waals surface area contributed by atoms with Crippen LogP contribution in [-0.4, -0.2) is 18.9 Å². The zero-order valence-corrected chi connectivity index (χ0v) is 12.5. The van der Waals surface area contributed by atoms with Crippen LogP contribution in [0.25, 0.3) is 0 Å². The minimum Gasteiger partial charge on any atom is -0.393 e. The number of sulfonamides is 1. The predicted octanol–water partition coefficient (Wildman–Crippen LogP) is 1.74. The lowest BCUT2D eigenvalue weighted by Gasteiger charge is -2.38. The molecule has 0 aromatic heterocycles. The number of thiocarbonyl (C=S) groups is 1. The molecule has 104 valence electrons. The van der Waals surface area contributed by atoms with Gasteiger partial charge in [-0.15, -0.1) is 0 Å². The van der Waals surface area contributed by atoms with Crippen LogP contribution in [0.15, 0.2) is 29.2 Å². The van der Waals surface area contributed by atoms with E-state index in [9.17, 15) is 8.42 Å². The summed E-state index contributed by atoms with van der Waals surface area (Å²) in [6, 6.07) is 6.68. The molecule has 4 nitrogen and oxygen atoms in total. The average molecular weight is 298 g/mol. The van der Waals surface area contributed by atoms with Crippen LogP contribution in [0.1, 0.15) is 31.7 Å². The van der Waals surface area contributed by atoms with Crippen LogP contribution < -0.4 is 10.5 Å². The third-order valence-electron chi connectivity index (χ3n) is 3.45. The lowest BCUT2D eigenvalue weighted by atomic mass is 9.80. The van der Waals surface area contributed by atoms with E-state index < -0.39 is 10.0 Å². The Morgan fingerprint density at radius 2 is 1.95 bits per heavy atom. The Hall–Kier alpha value is -0.980. The summed E-state index contributed by atoms with van der Waals surface area (Å²) in [4.78, 5) is 0.683. The van der Waals surface area contributed by atoms with Gasteiger partial charge >= 0.3 is 0 Å². The molecule has 0 heterocycles. The van der Waals surface area contributed by atoms with E-state index in [1.807, 2.05) is 6.92 Å². The molecule has 0 bridgehead atoms. The highest BCUT2D eigenvalue weighted by atomic mass is 32.2. The van der Waals surface area contributed by atoms with E-state index in [0.29, 0.717) is 11.4 Å². The molecule has 1 aromatic carbocycles. The van der Waals surface area contributed by atoms with Gasteiger partial charge in [0.25, 0.3) is 0 Å². The highest BCUT2D eigenvalue weighted by Gasteiger charge is 2.36. The smallest absolute Gasteiger partial charge is 0.241 e. The van der Waals surface area contributed by atoms with E-state index in [2.05, 4.69) is 4.72 Å².